The van der Waals surface area contributed by atoms with E-state index in [4.69, 9.17) is 19.2 Å². The molecule has 1 aromatic heterocycles. The maximum absolute atomic E-state index is 15.0. The van der Waals surface area contributed by atoms with E-state index in [1.807, 2.05) is 84.0 Å². The topological polar surface area (TPSA) is 82.5 Å². The molecule has 0 N–H and O–H groups in total. The zero-order valence-corrected chi connectivity index (χ0v) is 29.7. The molecule has 1 aliphatic rings. The van der Waals surface area contributed by atoms with Crippen LogP contribution in [0.15, 0.2) is 109 Å². The lowest BCUT2D eigenvalue weighted by molar-refractivity contribution is -0.213. The van der Waals surface area contributed by atoms with Crippen molar-refractivity contribution < 1.29 is 28.8 Å². The molecule has 1 saturated heterocycles. The fraction of sp³-hybridized carbons (Fsp3) is 0.286. The number of para-hydroxylation sites is 1. The maximum atomic E-state index is 15.0. The summed E-state index contributed by atoms with van der Waals surface area (Å²) in [5.41, 5.74) is 6.11. The molecule has 51 heavy (non-hydrogen) atoms. The van der Waals surface area contributed by atoms with Crippen LogP contribution in [0.5, 0.6) is 17.2 Å². The van der Waals surface area contributed by atoms with Crippen LogP contribution in [0.3, 0.4) is 0 Å². The summed E-state index contributed by atoms with van der Waals surface area (Å²) >= 11 is 0. The minimum Gasteiger partial charge on any atom is -0.493 e. The first kappa shape index (κ1) is 35.3. The van der Waals surface area contributed by atoms with Crippen molar-refractivity contribution in [3.8, 4) is 34.2 Å². The summed E-state index contributed by atoms with van der Waals surface area (Å²) in [5.74, 6) is 1.04. The van der Waals surface area contributed by atoms with Crippen LogP contribution in [0.4, 0.5) is 0 Å². The summed E-state index contributed by atoms with van der Waals surface area (Å²) in [6, 6.07) is 35.7. The minimum atomic E-state index is -0.432. The Morgan fingerprint density at radius 1 is 0.804 bits per heavy atom. The van der Waals surface area contributed by atoms with Gasteiger partial charge >= 0.3 is 5.97 Å². The fourth-order valence-electron chi connectivity index (χ4n) is 6.84. The molecule has 1 amide bonds. The monoisotopic (exact) mass is 687 g/mol. The Morgan fingerprint density at radius 3 is 2.18 bits per heavy atom. The number of hydrogen-bond acceptors (Lipinski definition) is 7. The third-order valence-corrected chi connectivity index (χ3v) is 9.24. The van der Waals surface area contributed by atoms with Gasteiger partial charge in [-0.15, -0.1) is 0 Å². The quantitative estimate of drug-likeness (QED) is 0.0928. The summed E-state index contributed by atoms with van der Waals surface area (Å²) in [4.78, 5) is 41.7. The van der Waals surface area contributed by atoms with E-state index in [9.17, 15) is 9.59 Å². The summed E-state index contributed by atoms with van der Waals surface area (Å²) in [5, 5.41) is 0. The predicted octanol–water partition coefficient (Wildman–Crippen LogP) is 7.68. The van der Waals surface area contributed by atoms with E-state index in [1.165, 1.54) is 11.1 Å². The molecule has 2 heterocycles. The van der Waals surface area contributed by atoms with Crippen LogP contribution in [0.2, 0.25) is 0 Å². The Bertz CT molecular complexity index is 1920. The lowest BCUT2D eigenvalue weighted by atomic mass is 9.99. The van der Waals surface area contributed by atoms with Gasteiger partial charge in [0.1, 0.15) is 0 Å². The number of methoxy groups -OCH3 is 2. The van der Waals surface area contributed by atoms with Crippen molar-refractivity contribution in [1.29, 1.82) is 0 Å². The van der Waals surface area contributed by atoms with Crippen molar-refractivity contribution in [3.63, 3.8) is 0 Å². The lowest BCUT2D eigenvalue weighted by Gasteiger charge is -2.42. The molecule has 0 aliphatic carbocycles. The summed E-state index contributed by atoms with van der Waals surface area (Å²) in [7, 11) is 3.22. The third-order valence-electron chi connectivity index (χ3n) is 9.24. The molecule has 6 rings (SSSR count). The van der Waals surface area contributed by atoms with Gasteiger partial charge in [0.05, 0.1) is 31.2 Å². The van der Waals surface area contributed by atoms with Crippen molar-refractivity contribution >= 4 is 11.9 Å². The largest absolute Gasteiger partial charge is 0.493 e. The highest BCUT2D eigenvalue weighted by atomic mass is 17.2. The van der Waals surface area contributed by atoms with E-state index < -0.39 is 5.97 Å². The summed E-state index contributed by atoms with van der Waals surface area (Å²) < 4.78 is 13.6. The number of hydrogen-bond donors (Lipinski definition) is 0. The number of rotatable bonds is 13. The Hall–Kier alpha value is -5.54. The van der Waals surface area contributed by atoms with Gasteiger partial charge in [-0.05, 0) is 78.9 Å². The molecule has 0 bridgehead atoms. The molecule has 0 unspecified atom stereocenters. The molecule has 1 atom stereocenters. The van der Waals surface area contributed by atoms with Crippen molar-refractivity contribution in [1.82, 2.24) is 14.4 Å². The van der Waals surface area contributed by atoms with E-state index in [2.05, 4.69) is 41.3 Å². The maximum Gasteiger partial charge on any atom is 0.355 e. The van der Waals surface area contributed by atoms with Gasteiger partial charge in [-0.3, -0.25) is 19.5 Å². The zero-order valence-electron chi connectivity index (χ0n) is 29.7. The number of benzene rings is 4. The second-order valence-corrected chi connectivity index (χ2v) is 12.8. The molecule has 5 aromatic rings. The van der Waals surface area contributed by atoms with E-state index in [-0.39, 0.29) is 18.4 Å². The fourth-order valence-corrected chi connectivity index (χ4v) is 6.84. The van der Waals surface area contributed by atoms with Crippen molar-refractivity contribution in [3.05, 3.63) is 132 Å². The number of aromatic nitrogens is 1. The molecule has 9 nitrogen and oxygen atoms in total. The number of carbonyl (C=O) groups excluding carboxylic acids is 2. The second kappa shape index (κ2) is 16.4. The molecule has 0 radical (unpaired) electrons. The lowest BCUT2D eigenvalue weighted by Crippen LogP contribution is -2.55. The molecule has 1 aliphatic heterocycles. The average Bonchev–Trinajstić information content (AvgIpc) is 3.51. The molecule has 0 spiro atoms. The number of nitrogens with zero attached hydrogens (tertiary/aromatic N) is 3. The first-order chi connectivity index (χ1) is 24.9. The SMILES string of the molecule is CCCC(=O)OOc1ccc(-c2c(C(=O)N3CCN(Cc4ccccc4)C[C@H]3Cc3ccccc3)cc(C)n2-c2cccc(OC)c2OC)cc1. The van der Waals surface area contributed by atoms with Gasteiger partial charge in [-0.2, -0.15) is 0 Å². The number of aryl methyl sites for hydroxylation is 1. The number of piperazine rings is 1. The first-order valence-electron chi connectivity index (χ1n) is 17.4. The van der Waals surface area contributed by atoms with Crippen LogP contribution >= 0.6 is 0 Å². The Morgan fingerprint density at radius 2 is 1.51 bits per heavy atom. The van der Waals surface area contributed by atoms with Gasteiger partial charge < -0.3 is 18.9 Å². The van der Waals surface area contributed by atoms with Gasteiger partial charge in [0, 0.05) is 44.3 Å². The summed E-state index contributed by atoms with van der Waals surface area (Å²) in [6.07, 6.45) is 1.67. The summed E-state index contributed by atoms with van der Waals surface area (Å²) in [6.45, 7) is 6.81. The van der Waals surface area contributed by atoms with Crippen molar-refractivity contribution in [2.24, 2.45) is 0 Å². The normalized spacial score (nSPS) is 14.6. The Labute approximate surface area is 299 Å². The minimum absolute atomic E-state index is 0.0390. The molecular weight excluding hydrogens is 642 g/mol. The van der Waals surface area contributed by atoms with Crippen LogP contribution in [0.25, 0.3) is 16.9 Å². The molecule has 0 saturated carbocycles. The number of amides is 1. The number of carbonyl (C=O) groups is 2. The van der Waals surface area contributed by atoms with Gasteiger partial charge in [0.25, 0.3) is 5.91 Å². The first-order valence-corrected chi connectivity index (χ1v) is 17.4. The van der Waals surface area contributed by atoms with Crippen LogP contribution in [-0.4, -0.2) is 66.1 Å². The molecular formula is C42H45N3O6. The highest BCUT2D eigenvalue weighted by Gasteiger charge is 2.34. The Balaban J connectivity index is 1.40. The smallest absolute Gasteiger partial charge is 0.355 e. The highest BCUT2D eigenvalue weighted by molar-refractivity contribution is 6.01. The number of ether oxygens (including phenoxy) is 2. The van der Waals surface area contributed by atoms with Crippen LogP contribution < -0.4 is 14.4 Å². The average molecular weight is 688 g/mol. The van der Waals surface area contributed by atoms with Gasteiger partial charge in [0.15, 0.2) is 17.2 Å². The molecule has 264 valence electrons. The van der Waals surface area contributed by atoms with E-state index >= 15 is 0 Å². The van der Waals surface area contributed by atoms with E-state index in [0.29, 0.717) is 41.5 Å². The molecule has 4 aromatic carbocycles. The second-order valence-electron chi connectivity index (χ2n) is 12.8. The van der Waals surface area contributed by atoms with Gasteiger partial charge in [-0.1, -0.05) is 73.7 Å². The van der Waals surface area contributed by atoms with Crippen LogP contribution in [0.1, 0.15) is 46.9 Å². The van der Waals surface area contributed by atoms with Gasteiger partial charge in [0.2, 0.25) is 0 Å². The highest BCUT2D eigenvalue weighted by Crippen LogP contribution is 2.40. The van der Waals surface area contributed by atoms with Crippen molar-refractivity contribution in [2.75, 3.05) is 33.9 Å². The predicted molar refractivity (Wildman–Crippen MR) is 197 cm³/mol. The molecule has 1 fully saturated rings. The van der Waals surface area contributed by atoms with Gasteiger partial charge in [-0.25, -0.2) is 4.79 Å². The zero-order chi connectivity index (χ0) is 35.7. The van der Waals surface area contributed by atoms with Crippen molar-refractivity contribution in [2.45, 2.75) is 45.7 Å². The third kappa shape index (κ3) is 8.10. The van der Waals surface area contributed by atoms with E-state index in [0.717, 1.165) is 43.0 Å². The Kier molecular flexibility index (Phi) is 11.4. The van der Waals surface area contributed by atoms with E-state index in [1.54, 1.807) is 26.4 Å². The van der Waals surface area contributed by atoms with Crippen LogP contribution in [0, 0.1) is 6.92 Å². The standard InChI is InChI=1S/C42H45N3O6/c1-5-13-39(46)51-50-35-22-20-33(21-23-35)40-36(26-30(2)45(40)37-18-12-19-38(48-3)41(37)49-4)42(47)44-25-24-43(28-32-16-10-7-11-17-32)29-34(44)27-31-14-8-6-9-15-31/h6-12,14-23,26,34H,5,13,24-25,27-29H2,1-4H3/t34-/m1/s1. The molecule has 9 heteroatoms. The van der Waals surface area contributed by atoms with Crippen LogP contribution in [-0.2, 0) is 22.6 Å².